The molecule has 0 aliphatic carbocycles. The highest BCUT2D eigenvalue weighted by molar-refractivity contribution is 6.30. The van der Waals surface area contributed by atoms with Gasteiger partial charge in [0.25, 0.3) is 0 Å². The van der Waals surface area contributed by atoms with Crippen molar-refractivity contribution in [3.63, 3.8) is 0 Å². The van der Waals surface area contributed by atoms with E-state index < -0.39 is 0 Å². The molecule has 0 bridgehead atoms. The standard InChI is InChI=1S/C14H24ClN3/c1-8(2)7-10(5)16-14-11(6)12(15)17-13(18-14)9(3)4/h8-10H,7H2,1-6H3,(H,16,17,18). The quantitative estimate of drug-likeness (QED) is 0.805. The van der Waals surface area contributed by atoms with E-state index in [4.69, 9.17) is 11.6 Å². The summed E-state index contributed by atoms with van der Waals surface area (Å²) in [4.78, 5) is 8.89. The Balaban J connectivity index is 2.93. The molecule has 18 heavy (non-hydrogen) atoms. The van der Waals surface area contributed by atoms with Gasteiger partial charge in [-0.25, -0.2) is 9.97 Å². The minimum Gasteiger partial charge on any atom is -0.367 e. The maximum atomic E-state index is 6.16. The summed E-state index contributed by atoms with van der Waals surface area (Å²) in [5.74, 6) is 2.61. The molecular weight excluding hydrogens is 246 g/mol. The van der Waals surface area contributed by atoms with Crippen LogP contribution in [0.2, 0.25) is 5.15 Å². The molecule has 0 spiro atoms. The molecule has 102 valence electrons. The minimum absolute atomic E-state index is 0.282. The van der Waals surface area contributed by atoms with Crippen molar-refractivity contribution in [2.75, 3.05) is 5.32 Å². The normalized spacial score (nSPS) is 13.2. The first-order valence-corrected chi connectivity index (χ1v) is 6.99. The first-order valence-electron chi connectivity index (χ1n) is 6.61. The lowest BCUT2D eigenvalue weighted by atomic mass is 10.1. The van der Waals surface area contributed by atoms with Gasteiger partial charge in [-0.1, -0.05) is 39.3 Å². The van der Waals surface area contributed by atoms with Crippen LogP contribution in [0.25, 0.3) is 0 Å². The van der Waals surface area contributed by atoms with Gasteiger partial charge in [-0.15, -0.1) is 0 Å². The second-order valence-electron chi connectivity index (χ2n) is 5.68. The molecule has 0 aromatic carbocycles. The zero-order chi connectivity index (χ0) is 13.9. The Morgan fingerprint density at radius 2 is 1.72 bits per heavy atom. The fraction of sp³-hybridized carbons (Fsp3) is 0.714. The zero-order valence-electron chi connectivity index (χ0n) is 12.2. The van der Waals surface area contributed by atoms with Crippen molar-refractivity contribution in [3.8, 4) is 0 Å². The van der Waals surface area contributed by atoms with Gasteiger partial charge < -0.3 is 5.32 Å². The van der Waals surface area contributed by atoms with Crippen LogP contribution in [0.3, 0.4) is 0 Å². The monoisotopic (exact) mass is 269 g/mol. The van der Waals surface area contributed by atoms with Crippen molar-refractivity contribution in [1.29, 1.82) is 0 Å². The Morgan fingerprint density at radius 3 is 2.22 bits per heavy atom. The molecule has 1 unspecified atom stereocenters. The lowest BCUT2D eigenvalue weighted by Gasteiger charge is -2.19. The Kier molecular flexibility index (Phi) is 5.39. The van der Waals surface area contributed by atoms with E-state index in [1.54, 1.807) is 0 Å². The van der Waals surface area contributed by atoms with E-state index >= 15 is 0 Å². The summed E-state index contributed by atoms with van der Waals surface area (Å²) in [6.45, 7) is 12.7. The molecule has 0 aliphatic heterocycles. The van der Waals surface area contributed by atoms with Gasteiger partial charge in [0.2, 0.25) is 0 Å². The molecule has 4 heteroatoms. The van der Waals surface area contributed by atoms with E-state index in [2.05, 4.69) is 49.9 Å². The molecule has 1 N–H and O–H groups in total. The van der Waals surface area contributed by atoms with Crippen LogP contribution in [0.15, 0.2) is 0 Å². The summed E-state index contributed by atoms with van der Waals surface area (Å²) >= 11 is 6.16. The van der Waals surface area contributed by atoms with Gasteiger partial charge in [0.15, 0.2) is 0 Å². The van der Waals surface area contributed by atoms with Crippen LogP contribution in [0.4, 0.5) is 5.82 Å². The second kappa shape index (κ2) is 6.37. The summed E-state index contributed by atoms with van der Waals surface area (Å²) in [6.07, 6.45) is 1.11. The first kappa shape index (κ1) is 15.2. The van der Waals surface area contributed by atoms with Crippen molar-refractivity contribution in [2.45, 2.75) is 59.9 Å². The van der Waals surface area contributed by atoms with Gasteiger partial charge in [-0.05, 0) is 26.2 Å². The van der Waals surface area contributed by atoms with Crippen LogP contribution in [0.1, 0.15) is 58.3 Å². The van der Waals surface area contributed by atoms with Crippen LogP contribution in [0, 0.1) is 12.8 Å². The number of nitrogens with one attached hydrogen (secondary N) is 1. The van der Waals surface area contributed by atoms with Crippen LogP contribution in [-0.2, 0) is 0 Å². The maximum Gasteiger partial charge on any atom is 0.137 e. The van der Waals surface area contributed by atoms with Crippen molar-refractivity contribution in [1.82, 2.24) is 9.97 Å². The number of hydrogen-bond acceptors (Lipinski definition) is 3. The second-order valence-corrected chi connectivity index (χ2v) is 6.03. The van der Waals surface area contributed by atoms with Crippen LogP contribution in [0.5, 0.6) is 0 Å². The van der Waals surface area contributed by atoms with Crippen molar-refractivity contribution in [2.24, 2.45) is 5.92 Å². The Hall–Kier alpha value is -0.830. The molecule has 1 atom stereocenters. The van der Waals surface area contributed by atoms with E-state index in [-0.39, 0.29) is 5.92 Å². The number of nitrogens with zero attached hydrogens (tertiary/aromatic N) is 2. The van der Waals surface area contributed by atoms with Gasteiger partial charge in [-0.2, -0.15) is 0 Å². The summed E-state index contributed by atoms with van der Waals surface area (Å²) < 4.78 is 0. The number of rotatable bonds is 5. The fourth-order valence-electron chi connectivity index (χ4n) is 1.90. The molecule has 1 aromatic rings. The topological polar surface area (TPSA) is 37.8 Å². The average molecular weight is 270 g/mol. The van der Waals surface area contributed by atoms with Crippen molar-refractivity contribution < 1.29 is 0 Å². The van der Waals surface area contributed by atoms with Crippen molar-refractivity contribution >= 4 is 17.4 Å². The summed E-state index contributed by atoms with van der Waals surface area (Å²) in [7, 11) is 0. The summed E-state index contributed by atoms with van der Waals surface area (Å²) in [5.41, 5.74) is 0.927. The highest BCUT2D eigenvalue weighted by Gasteiger charge is 2.14. The molecule has 1 heterocycles. The number of aromatic nitrogens is 2. The molecule has 3 nitrogen and oxygen atoms in total. The van der Waals surface area contributed by atoms with Gasteiger partial charge in [-0.3, -0.25) is 0 Å². The van der Waals surface area contributed by atoms with Gasteiger partial charge >= 0.3 is 0 Å². The highest BCUT2D eigenvalue weighted by Crippen LogP contribution is 2.24. The third kappa shape index (κ3) is 4.13. The predicted molar refractivity (Wildman–Crippen MR) is 78.4 cm³/mol. The highest BCUT2D eigenvalue weighted by atomic mass is 35.5. The molecule has 0 saturated heterocycles. The third-order valence-corrected chi connectivity index (χ3v) is 3.20. The molecule has 0 radical (unpaired) electrons. The lowest BCUT2D eigenvalue weighted by Crippen LogP contribution is -2.20. The molecule has 1 rings (SSSR count). The number of hydrogen-bond donors (Lipinski definition) is 1. The molecule has 0 aliphatic rings. The van der Waals surface area contributed by atoms with Crippen LogP contribution < -0.4 is 5.32 Å². The SMILES string of the molecule is Cc1c(Cl)nc(C(C)C)nc1NC(C)CC(C)C. The van der Waals surface area contributed by atoms with Gasteiger partial charge in [0.1, 0.15) is 16.8 Å². The number of halogens is 1. The van der Waals surface area contributed by atoms with E-state index in [9.17, 15) is 0 Å². The minimum atomic E-state index is 0.282. The van der Waals surface area contributed by atoms with E-state index in [0.717, 1.165) is 23.6 Å². The third-order valence-electron chi connectivity index (χ3n) is 2.83. The molecular formula is C14H24ClN3. The maximum absolute atomic E-state index is 6.16. The molecule has 0 saturated carbocycles. The van der Waals surface area contributed by atoms with Gasteiger partial charge in [0.05, 0.1) is 0 Å². The van der Waals surface area contributed by atoms with Crippen molar-refractivity contribution in [3.05, 3.63) is 16.5 Å². The fourth-order valence-corrected chi connectivity index (χ4v) is 2.08. The van der Waals surface area contributed by atoms with E-state index in [1.165, 1.54) is 0 Å². The summed E-state index contributed by atoms with van der Waals surface area (Å²) in [5, 5.41) is 3.99. The Bertz CT molecular complexity index is 402. The zero-order valence-corrected chi connectivity index (χ0v) is 13.0. The smallest absolute Gasteiger partial charge is 0.137 e. The molecule has 0 amide bonds. The van der Waals surface area contributed by atoms with E-state index in [1.807, 2.05) is 6.92 Å². The largest absolute Gasteiger partial charge is 0.367 e. The first-order chi connectivity index (χ1) is 8.31. The predicted octanol–water partition coefficient (Wildman–Crippen LogP) is 4.41. The Morgan fingerprint density at radius 1 is 1.11 bits per heavy atom. The Labute approximate surface area is 115 Å². The molecule has 0 fully saturated rings. The van der Waals surface area contributed by atoms with Crippen LogP contribution in [-0.4, -0.2) is 16.0 Å². The van der Waals surface area contributed by atoms with Crippen LogP contribution >= 0.6 is 11.6 Å². The molecule has 1 aromatic heterocycles. The lowest BCUT2D eigenvalue weighted by molar-refractivity contribution is 0.538. The van der Waals surface area contributed by atoms with Gasteiger partial charge in [0, 0.05) is 17.5 Å². The van der Waals surface area contributed by atoms with E-state index in [0.29, 0.717) is 17.1 Å². The summed E-state index contributed by atoms with van der Waals surface area (Å²) in [6, 6.07) is 0.384. The number of anilines is 1. The average Bonchev–Trinajstić information content (AvgIpc) is 2.22.